The Morgan fingerprint density at radius 2 is 1.62 bits per heavy atom. The Kier molecular flexibility index (Phi) is 5.22. The number of aliphatic hydroxyl groups excluding tert-OH is 1. The molecule has 0 aliphatic heterocycles. The van der Waals surface area contributed by atoms with E-state index in [1.54, 1.807) is 6.07 Å². The summed E-state index contributed by atoms with van der Waals surface area (Å²) in [6.07, 6.45) is -0.869. The van der Waals surface area contributed by atoms with E-state index in [0.717, 1.165) is 16.3 Å². The summed E-state index contributed by atoms with van der Waals surface area (Å²) in [6, 6.07) is 26.1. The third kappa shape index (κ3) is 4.10. The standard InChI is InChI=1S/C24H20N2O3/c27-22(19-11-10-16-6-4-5-9-18(16)14-19)15-25-23(28)20-12-13-21(26-24(20)29)17-7-2-1-3-8-17/h1-14,22,27H,15H2,(H,25,28)(H,26,29). The minimum absolute atomic E-state index is 0.00962. The molecule has 0 aliphatic rings. The maximum absolute atomic E-state index is 12.4. The number of fused-ring (bicyclic) bond motifs is 1. The first-order valence-corrected chi connectivity index (χ1v) is 9.35. The van der Waals surface area contributed by atoms with Gasteiger partial charge in [-0.05, 0) is 40.1 Å². The lowest BCUT2D eigenvalue weighted by molar-refractivity contribution is 0.0915. The van der Waals surface area contributed by atoms with Gasteiger partial charge in [-0.15, -0.1) is 0 Å². The van der Waals surface area contributed by atoms with E-state index in [-0.39, 0.29) is 12.1 Å². The number of benzene rings is 3. The van der Waals surface area contributed by atoms with Gasteiger partial charge in [0.2, 0.25) is 0 Å². The number of carbonyl (C=O) groups is 1. The van der Waals surface area contributed by atoms with Crippen LogP contribution >= 0.6 is 0 Å². The Labute approximate surface area is 167 Å². The van der Waals surface area contributed by atoms with Gasteiger partial charge < -0.3 is 15.4 Å². The summed E-state index contributed by atoms with van der Waals surface area (Å²) in [6.45, 7) is 0.0110. The fourth-order valence-corrected chi connectivity index (χ4v) is 3.26. The fraction of sp³-hybridized carbons (Fsp3) is 0.0833. The minimum Gasteiger partial charge on any atom is -0.387 e. The number of amides is 1. The largest absolute Gasteiger partial charge is 0.387 e. The lowest BCUT2D eigenvalue weighted by Gasteiger charge is -2.13. The van der Waals surface area contributed by atoms with E-state index in [4.69, 9.17) is 0 Å². The van der Waals surface area contributed by atoms with Crippen LogP contribution in [0.2, 0.25) is 0 Å². The zero-order chi connectivity index (χ0) is 20.2. The summed E-state index contributed by atoms with van der Waals surface area (Å²) in [5.41, 5.74) is 1.75. The van der Waals surface area contributed by atoms with Gasteiger partial charge in [-0.1, -0.05) is 66.7 Å². The second kappa shape index (κ2) is 8.12. The molecule has 1 heterocycles. The molecule has 1 amide bonds. The molecule has 1 unspecified atom stereocenters. The van der Waals surface area contributed by atoms with Crippen LogP contribution in [-0.2, 0) is 0 Å². The fourth-order valence-electron chi connectivity index (χ4n) is 3.26. The van der Waals surface area contributed by atoms with E-state index in [9.17, 15) is 14.7 Å². The molecule has 3 aromatic carbocycles. The monoisotopic (exact) mass is 384 g/mol. The van der Waals surface area contributed by atoms with Crippen LogP contribution < -0.4 is 10.9 Å². The third-order valence-corrected chi connectivity index (χ3v) is 4.85. The van der Waals surface area contributed by atoms with Gasteiger partial charge in [0.1, 0.15) is 5.56 Å². The van der Waals surface area contributed by atoms with Crippen molar-refractivity contribution in [2.75, 3.05) is 6.54 Å². The van der Waals surface area contributed by atoms with Gasteiger partial charge in [-0.2, -0.15) is 0 Å². The summed E-state index contributed by atoms with van der Waals surface area (Å²) in [5, 5.41) is 15.2. The summed E-state index contributed by atoms with van der Waals surface area (Å²) in [4.78, 5) is 27.5. The van der Waals surface area contributed by atoms with Crippen LogP contribution in [0.3, 0.4) is 0 Å². The van der Waals surface area contributed by atoms with Gasteiger partial charge >= 0.3 is 0 Å². The summed E-state index contributed by atoms with van der Waals surface area (Å²) in [7, 11) is 0. The molecule has 1 atom stereocenters. The molecule has 4 rings (SSSR count). The average Bonchev–Trinajstić information content (AvgIpc) is 2.77. The second-order valence-corrected chi connectivity index (χ2v) is 6.81. The van der Waals surface area contributed by atoms with Crippen LogP contribution in [0.4, 0.5) is 0 Å². The maximum Gasteiger partial charge on any atom is 0.261 e. The van der Waals surface area contributed by atoms with Crippen LogP contribution in [0.1, 0.15) is 22.0 Å². The molecular weight excluding hydrogens is 364 g/mol. The van der Waals surface area contributed by atoms with Crippen molar-refractivity contribution < 1.29 is 9.90 Å². The van der Waals surface area contributed by atoms with Crippen molar-refractivity contribution in [3.05, 3.63) is 106 Å². The Balaban J connectivity index is 1.45. The van der Waals surface area contributed by atoms with Gasteiger partial charge in [0.15, 0.2) is 0 Å². The van der Waals surface area contributed by atoms with Gasteiger partial charge in [0, 0.05) is 12.2 Å². The van der Waals surface area contributed by atoms with Crippen LogP contribution in [0, 0.1) is 0 Å². The highest BCUT2D eigenvalue weighted by molar-refractivity contribution is 5.94. The molecule has 0 bridgehead atoms. The second-order valence-electron chi connectivity index (χ2n) is 6.81. The summed E-state index contributed by atoms with van der Waals surface area (Å²) in [5.74, 6) is -0.522. The molecule has 0 spiro atoms. The number of aliphatic hydroxyl groups is 1. The van der Waals surface area contributed by atoms with Gasteiger partial charge in [-0.25, -0.2) is 0 Å². The van der Waals surface area contributed by atoms with Crippen molar-refractivity contribution in [1.82, 2.24) is 10.3 Å². The molecule has 0 fully saturated rings. The number of H-pyrrole nitrogens is 1. The third-order valence-electron chi connectivity index (χ3n) is 4.85. The number of nitrogens with one attached hydrogen (secondary N) is 2. The average molecular weight is 384 g/mol. The molecule has 0 saturated heterocycles. The van der Waals surface area contributed by atoms with E-state index in [1.165, 1.54) is 6.07 Å². The van der Waals surface area contributed by atoms with Crippen LogP contribution in [-0.4, -0.2) is 22.5 Å². The number of rotatable bonds is 5. The maximum atomic E-state index is 12.4. The highest BCUT2D eigenvalue weighted by atomic mass is 16.3. The predicted molar refractivity (Wildman–Crippen MR) is 114 cm³/mol. The Hall–Kier alpha value is -3.70. The number of aromatic nitrogens is 1. The molecule has 5 nitrogen and oxygen atoms in total. The number of hydrogen-bond donors (Lipinski definition) is 3. The zero-order valence-corrected chi connectivity index (χ0v) is 15.6. The molecule has 5 heteroatoms. The Morgan fingerprint density at radius 1 is 0.897 bits per heavy atom. The molecule has 29 heavy (non-hydrogen) atoms. The van der Waals surface area contributed by atoms with Gasteiger partial charge in [0.05, 0.1) is 6.10 Å². The van der Waals surface area contributed by atoms with Crippen molar-refractivity contribution >= 4 is 16.7 Å². The van der Waals surface area contributed by atoms with Gasteiger partial charge in [0.25, 0.3) is 11.5 Å². The SMILES string of the molecule is O=C(NCC(O)c1ccc2ccccc2c1)c1ccc(-c2ccccc2)[nH]c1=O. The van der Waals surface area contributed by atoms with Crippen molar-refractivity contribution in [2.45, 2.75) is 6.10 Å². The first-order chi connectivity index (χ1) is 14.1. The lowest BCUT2D eigenvalue weighted by atomic mass is 10.0. The topological polar surface area (TPSA) is 82.2 Å². The van der Waals surface area contributed by atoms with E-state index >= 15 is 0 Å². The van der Waals surface area contributed by atoms with E-state index in [0.29, 0.717) is 11.3 Å². The molecule has 0 aliphatic carbocycles. The van der Waals surface area contributed by atoms with Crippen molar-refractivity contribution in [3.8, 4) is 11.3 Å². The molecule has 0 saturated carbocycles. The molecule has 144 valence electrons. The first-order valence-electron chi connectivity index (χ1n) is 9.35. The molecule has 3 N–H and O–H groups in total. The highest BCUT2D eigenvalue weighted by Crippen LogP contribution is 2.20. The zero-order valence-electron chi connectivity index (χ0n) is 15.6. The Morgan fingerprint density at radius 3 is 2.38 bits per heavy atom. The van der Waals surface area contributed by atoms with Crippen molar-refractivity contribution in [1.29, 1.82) is 0 Å². The number of aromatic amines is 1. The minimum atomic E-state index is -0.869. The van der Waals surface area contributed by atoms with E-state index in [1.807, 2.05) is 72.8 Å². The number of hydrogen-bond acceptors (Lipinski definition) is 3. The molecule has 4 aromatic rings. The summed E-state index contributed by atoms with van der Waals surface area (Å²) < 4.78 is 0. The predicted octanol–water partition coefficient (Wildman–Crippen LogP) is 3.66. The quantitative estimate of drug-likeness (QED) is 0.491. The number of carbonyl (C=O) groups excluding carboxylic acids is 1. The summed E-state index contributed by atoms with van der Waals surface area (Å²) >= 11 is 0. The van der Waals surface area contributed by atoms with Crippen LogP contribution in [0.5, 0.6) is 0 Å². The first kappa shape index (κ1) is 18.7. The van der Waals surface area contributed by atoms with Gasteiger partial charge in [-0.3, -0.25) is 9.59 Å². The Bertz CT molecular complexity index is 1220. The van der Waals surface area contributed by atoms with Crippen molar-refractivity contribution in [3.63, 3.8) is 0 Å². The van der Waals surface area contributed by atoms with Crippen LogP contribution in [0.25, 0.3) is 22.0 Å². The smallest absolute Gasteiger partial charge is 0.261 e. The highest BCUT2D eigenvalue weighted by Gasteiger charge is 2.14. The lowest BCUT2D eigenvalue weighted by Crippen LogP contribution is -2.32. The van der Waals surface area contributed by atoms with Crippen LogP contribution in [0.15, 0.2) is 89.7 Å². The molecule has 1 aromatic heterocycles. The molecular formula is C24H20N2O3. The molecule has 0 radical (unpaired) electrons. The van der Waals surface area contributed by atoms with E-state index < -0.39 is 17.6 Å². The number of pyridine rings is 1. The normalized spacial score (nSPS) is 11.9. The van der Waals surface area contributed by atoms with E-state index in [2.05, 4.69) is 10.3 Å². The van der Waals surface area contributed by atoms with Crippen molar-refractivity contribution in [2.24, 2.45) is 0 Å².